The number of nitrogens with one attached hydrogen (secondary N) is 1. The number of hydrogen-bond donors (Lipinski definition) is 1. The predicted octanol–water partition coefficient (Wildman–Crippen LogP) is 11.3. The molecule has 0 rings (SSSR count). The first-order valence-corrected chi connectivity index (χ1v) is 20.8. The van der Waals surface area contributed by atoms with Crippen LogP contribution in [0.3, 0.4) is 0 Å². The van der Waals surface area contributed by atoms with Crippen molar-refractivity contribution >= 4 is 11.9 Å². The number of hydrogen-bond acceptors (Lipinski definition) is 6. The van der Waals surface area contributed by atoms with Gasteiger partial charge in [0.2, 0.25) is 0 Å². The van der Waals surface area contributed by atoms with Crippen molar-refractivity contribution in [2.45, 2.75) is 206 Å². The van der Waals surface area contributed by atoms with E-state index in [2.05, 4.69) is 24.1 Å². The highest BCUT2D eigenvalue weighted by atomic mass is 16.5. The van der Waals surface area contributed by atoms with Crippen LogP contribution in [0.25, 0.3) is 0 Å². The molecule has 0 bridgehead atoms. The Morgan fingerprint density at radius 1 is 0.426 bits per heavy atom. The minimum absolute atomic E-state index is 0.0748. The van der Waals surface area contributed by atoms with Crippen LogP contribution in [0.15, 0.2) is 0 Å². The van der Waals surface area contributed by atoms with Crippen LogP contribution in [0.4, 0.5) is 0 Å². The molecule has 0 aliphatic heterocycles. The smallest absolute Gasteiger partial charge is 0.305 e. The van der Waals surface area contributed by atoms with Crippen LogP contribution in [0.5, 0.6) is 0 Å². The van der Waals surface area contributed by atoms with Gasteiger partial charge >= 0.3 is 11.9 Å². The molecular weight excluding hydrogens is 584 g/mol. The Hall–Kier alpha value is -1.14. The lowest BCUT2D eigenvalue weighted by Crippen LogP contribution is -2.33. The van der Waals surface area contributed by atoms with E-state index in [1.165, 1.54) is 141 Å². The molecule has 0 aromatic carbocycles. The lowest BCUT2D eigenvalue weighted by Gasteiger charge is -2.21. The molecule has 0 saturated carbocycles. The van der Waals surface area contributed by atoms with Gasteiger partial charge in [0.05, 0.1) is 13.2 Å². The van der Waals surface area contributed by atoms with E-state index in [1.807, 2.05) is 7.05 Å². The summed E-state index contributed by atoms with van der Waals surface area (Å²) in [5.41, 5.74) is 0. The largest absolute Gasteiger partial charge is 0.466 e. The van der Waals surface area contributed by atoms with Gasteiger partial charge in [-0.3, -0.25) is 9.59 Å². The number of unbranched alkanes of at least 4 members (excludes halogenated alkanes) is 24. The first-order valence-electron chi connectivity index (χ1n) is 20.8. The molecule has 47 heavy (non-hydrogen) atoms. The molecule has 0 saturated heterocycles. The summed E-state index contributed by atoms with van der Waals surface area (Å²) in [6.07, 6.45) is 36.9. The minimum Gasteiger partial charge on any atom is -0.466 e. The van der Waals surface area contributed by atoms with Gasteiger partial charge in [-0.05, 0) is 45.8 Å². The average molecular weight is 667 g/mol. The third kappa shape index (κ3) is 37.5. The maximum absolute atomic E-state index is 12.2. The zero-order valence-corrected chi connectivity index (χ0v) is 32.0. The van der Waals surface area contributed by atoms with Crippen molar-refractivity contribution in [3.63, 3.8) is 0 Å². The fraction of sp³-hybridized carbons (Fsp3) is 0.951. The SMILES string of the molecule is CCCCCCCCCCCCCCCOC(=O)CCCN(CCCC(=O)OCCCCCCCCCCCCCCC)CCNC. The van der Waals surface area contributed by atoms with Crippen molar-refractivity contribution in [3.8, 4) is 0 Å². The molecule has 0 aliphatic rings. The van der Waals surface area contributed by atoms with Crippen molar-refractivity contribution in [2.24, 2.45) is 0 Å². The van der Waals surface area contributed by atoms with Gasteiger partial charge in [-0.25, -0.2) is 0 Å². The Labute approximate surface area is 293 Å². The molecule has 0 aliphatic carbocycles. The van der Waals surface area contributed by atoms with E-state index in [9.17, 15) is 9.59 Å². The molecule has 0 heterocycles. The number of ether oxygens (including phenoxy) is 2. The number of carbonyl (C=O) groups is 2. The lowest BCUT2D eigenvalue weighted by atomic mass is 10.0. The molecule has 280 valence electrons. The maximum atomic E-state index is 12.2. The van der Waals surface area contributed by atoms with Gasteiger partial charge in [0, 0.05) is 25.9 Å². The first kappa shape index (κ1) is 45.9. The van der Waals surface area contributed by atoms with E-state index in [0.29, 0.717) is 26.1 Å². The zero-order chi connectivity index (χ0) is 34.3. The Balaban J connectivity index is 3.66. The van der Waals surface area contributed by atoms with Crippen LogP contribution in [-0.2, 0) is 19.1 Å². The number of likely N-dealkylation sites (N-methyl/N-ethyl adjacent to an activating group) is 1. The topological polar surface area (TPSA) is 67.9 Å². The summed E-state index contributed by atoms with van der Waals surface area (Å²) in [6, 6.07) is 0. The van der Waals surface area contributed by atoms with Crippen molar-refractivity contribution in [1.82, 2.24) is 10.2 Å². The first-order chi connectivity index (χ1) is 23.1. The highest BCUT2D eigenvalue weighted by molar-refractivity contribution is 5.69. The van der Waals surface area contributed by atoms with Crippen LogP contribution in [0.2, 0.25) is 0 Å². The van der Waals surface area contributed by atoms with E-state index in [0.717, 1.165) is 64.7 Å². The zero-order valence-electron chi connectivity index (χ0n) is 32.0. The summed E-state index contributed by atoms with van der Waals surface area (Å²) in [5, 5.41) is 3.21. The second kappa shape index (κ2) is 39.3. The van der Waals surface area contributed by atoms with Gasteiger partial charge < -0.3 is 19.7 Å². The summed E-state index contributed by atoms with van der Waals surface area (Å²) < 4.78 is 11.0. The van der Waals surface area contributed by atoms with Crippen LogP contribution < -0.4 is 5.32 Å². The fourth-order valence-corrected chi connectivity index (χ4v) is 6.26. The molecule has 0 aromatic heterocycles. The molecule has 6 heteroatoms. The van der Waals surface area contributed by atoms with E-state index in [1.54, 1.807) is 0 Å². The van der Waals surface area contributed by atoms with Gasteiger partial charge in [0.1, 0.15) is 0 Å². The highest BCUT2D eigenvalue weighted by Crippen LogP contribution is 2.14. The van der Waals surface area contributed by atoms with E-state index in [4.69, 9.17) is 9.47 Å². The molecule has 0 radical (unpaired) electrons. The molecule has 0 spiro atoms. The second-order valence-corrected chi connectivity index (χ2v) is 14.1. The van der Waals surface area contributed by atoms with Crippen LogP contribution >= 0.6 is 0 Å². The summed E-state index contributed by atoms with van der Waals surface area (Å²) in [7, 11) is 1.96. The summed E-state index contributed by atoms with van der Waals surface area (Å²) >= 11 is 0. The Kier molecular flexibility index (Phi) is 38.3. The number of nitrogens with zero attached hydrogens (tertiary/aromatic N) is 1. The van der Waals surface area contributed by atoms with Gasteiger partial charge in [-0.1, -0.05) is 168 Å². The van der Waals surface area contributed by atoms with Crippen LogP contribution in [0, 0.1) is 0 Å². The van der Waals surface area contributed by atoms with Gasteiger partial charge in [0.25, 0.3) is 0 Å². The van der Waals surface area contributed by atoms with E-state index >= 15 is 0 Å². The standard InChI is InChI=1S/C41H82N2O4/c1-4-6-8-10-12-14-16-18-20-22-24-26-28-38-46-40(44)32-30-35-43(37-34-42-3)36-31-33-41(45)47-39-29-27-25-23-21-19-17-15-13-11-9-7-5-2/h42H,4-39H2,1-3H3. The van der Waals surface area contributed by atoms with Crippen molar-refractivity contribution in [2.75, 3.05) is 46.4 Å². The summed E-state index contributed by atoms with van der Waals surface area (Å²) in [4.78, 5) is 26.8. The Morgan fingerprint density at radius 2 is 0.723 bits per heavy atom. The van der Waals surface area contributed by atoms with Crippen molar-refractivity contribution in [3.05, 3.63) is 0 Å². The quantitative estimate of drug-likeness (QED) is 0.0520. The van der Waals surface area contributed by atoms with Crippen molar-refractivity contribution in [1.29, 1.82) is 0 Å². The third-order valence-electron chi connectivity index (χ3n) is 9.41. The molecule has 0 aromatic rings. The number of carbonyl (C=O) groups excluding carboxylic acids is 2. The maximum Gasteiger partial charge on any atom is 0.305 e. The summed E-state index contributed by atoms with van der Waals surface area (Å²) in [6.45, 7) is 9.18. The van der Waals surface area contributed by atoms with Crippen LogP contribution in [0.1, 0.15) is 206 Å². The Morgan fingerprint density at radius 3 is 1.02 bits per heavy atom. The second-order valence-electron chi connectivity index (χ2n) is 14.1. The molecule has 0 amide bonds. The Bertz CT molecular complexity index is 595. The fourth-order valence-electron chi connectivity index (χ4n) is 6.26. The summed E-state index contributed by atoms with van der Waals surface area (Å²) in [5.74, 6) is -0.150. The van der Waals surface area contributed by atoms with Crippen LogP contribution in [-0.4, -0.2) is 63.3 Å². The molecule has 0 fully saturated rings. The molecule has 0 atom stereocenters. The normalized spacial score (nSPS) is 11.4. The number of rotatable bonds is 39. The average Bonchev–Trinajstić information content (AvgIpc) is 3.07. The van der Waals surface area contributed by atoms with Crippen molar-refractivity contribution < 1.29 is 19.1 Å². The van der Waals surface area contributed by atoms with Gasteiger partial charge in [-0.2, -0.15) is 0 Å². The lowest BCUT2D eigenvalue weighted by molar-refractivity contribution is -0.144. The molecule has 0 unspecified atom stereocenters. The third-order valence-corrected chi connectivity index (χ3v) is 9.41. The number of esters is 2. The highest BCUT2D eigenvalue weighted by Gasteiger charge is 2.10. The molecular formula is C41H82N2O4. The molecule has 6 nitrogen and oxygen atoms in total. The molecule has 1 N–H and O–H groups in total. The predicted molar refractivity (Wildman–Crippen MR) is 202 cm³/mol. The van der Waals surface area contributed by atoms with Gasteiger partial charge in [0.15, 0.2) is 0 Å². The van der Waals surface area contributed by atoms with E-state index in [-0.39, 0.29) is 11.9 Å². The van der Waals surface area contributed by atoms with E-state index < -0.39 is 0 Å². The minimum atomic E-state index is -0.0748. The monoisotopic (exact) mass is 667 g/mol. The van der Waals surface area contributed by atoms with Gasteiger partial charge in [-0.15, -0.1) is 0 Å².